The van der Waals surface area contributed by atoms with Gasteiger partial charge in [0.05, 0.1) is 12.0 Å². The predicted molar refractivity (Wildman–Crippen MR) is 67.8 cm³/mol. The van der Waals surface area contributed by atoms with Gasteiger partial charge < -0.3 is 14.2 Å². The molecule has 1 heterocycles. The molecule has 0 radical (unpaired) electrons. The summed E-state index contributed by atoms with van der Waals surface area (Å²) in [4.78, 5) is 12.1. The lowest BCUT2D eigenvalue weighted by Crippen LogP contribution is -2.23. The highest BCUT2D eigenvalue weighted by molar-refractivity contribution is 9.10. The summed E-state index contributed by atoms with van der Waals surface area (Å²) in [6, 6.07) is 3.74. The van der Waals surface area contributed by atoms with Crippen molar-refractivity contribution in [3.05, 3.63) is 22.2 Å². The fourth-order valence-electron chi connectivity index (χ4n) is 2.26. The fraction of sp³-hybridized carbons (Fsp3) is 0.462. The summed E-state index contributed by atoms with van der Waals surface area (Å²) >= 11 is 3.50. The molecule has 1 fully saturated rings. The quantitative estimate of drug-likeness (QED) is 0.805. The molecule has 18 heavy (non-hydrogen) atoms. The maximum atomic E-state index is 12.1. The highest BCUT2D eigenvalue weighted by atomic mass is 79.9. The Labute approximate surface area is 113 Å². The van der Waals surface area contributed by atoms with Gasteiger partial charge in [0.25, 0.3) is 0 Å². The van der Waals surface area contributed by atoms with Gasteiger partial charge in [0.1, 0.15) is 0 Å². The molecule has 0 atom stereocenters. The second-order valence-corrected chi connectivity index (χ2v) is 5.34. The second kappa shape index (κ2) is 4.16. The first-order valence-electron chi connectivity index (χ1n) is 5.94. The molecule has 0 aromatic heterocycles. The third kappa shape index (κ3) is 1.68. The van der Waals surface area contributed by atoms with E-state index in [-0.39, 0.29) is 12.8 Å². The molecule has 1 aliphatic carbocycles. The van der Waals surface area contributed by atoms with E-state index < -0.39 is 5.41 Å². The summed E-state index contributed by atoms with van der Waals surface area (Å²) in [5, 5.41) is 0. The minimum Gasteiger partial charge on any atom is -0.465 e. The van der Waals surface area contributed by atoms with E-state index in [1.54, 1.807) is 0 Å². The van der Waals surface area contributed by atoms with Gasteiger partial charge in [-0.1, -0.05) is 15.9 Å². The Kier molecular flexibility index (Phi) is 2.73. The van der Waals surface area contributed by atoms with Crippen molar-refractivity contribution in [2.45, 2.75) is 25.2 Å². The van der Waals surface area contributed by atoms with Crippen molar-refractivity contribution in [2.75, 3.05) is 13.4 Å². The lowest BCUT2D eigenvalue weighted by molar-refractivity contribution is -0.146. The summed E-state index contributed by atoms with van der Waals surface area (Å²) in [6.07, 6.45) is 1.65. The Balaban J connectivity index is 2.00. The van der Waals surface area contributed by atoms with Crippen LogP contribution in [0.4, 0.5) is 0 Å². The topological polar surface area (TPSA) is 44.8 Å². The lowest BCUT2D eigenvalue weighted by atomic mass is 9.95. The molecule has 3 rings (SSSR count). The molecule has 5 heteroatoms. The first-order chi connectivity index (χ1) is 8.67. The first-order valence-corrected chi connectivity index (χ1v) is 6.73. The van der Waals surface area contributed by atoms with Gasteiger partial charge in [-0.15, -0.1) is 0 Å². The highest BCUT2D eigenvalue weighted by Crippen LogP contribution is 2.53. The highest BCUT2D eigenvalue weighted by Gasteiger charge is 2.54. The molecule has 1 aliphatic heterocycles. The molecule has 96 valence electrons. The molecule has 0 spiro atoms. The van der Waals surface area contributed by atoms with Crippen LogP contribution in [-0.2, 0) is 14.9 Å². The zero-order valence-corrected chi connectivity index (χ0v) is 11.6. The van der Waals surface area contributed by atoms with Crippen LogP contribution >= 0.6 is 15.9 Å². The van der Waals surface area contributed by atoms with Crippen molar-refractivity contribution in [3.8, 4) is 11.5 Å². The van der Waals surface area contributed by atoms with Crippen LogP contribution in [0.5, 0.6) is 11.5 Å². The van der Waals surface area contributed by atoms with E-state index in [4.69, 9.17) is 14.2 Å². The summed E-state index contributed by atoms with van der Waals surface area (Å²) < 4.78 is 16.7. The third-order valence-corrected chi connectivity index (χ3v) is 4.05. The zero-order chi connectivity index (χ0) is 12.8. The molecule has 0 N–H and O–H groups in total. The van der Waals surface area contributed by atoms with E-state index in [1.807, 2.05) is 19.1 Å². The van der Waals surface area contributed by atoms with E-state index in [9.17, 15) is 4.79 Å². The number of rotatable bonds is 3. The molecule has 1 aromatic carbocycles. The van der Waals surface area contributed by atoms with Crippen molar-refractivity contribution in [1.82, 2.24) is 0 Å². The van der Waals surface area contributed by atoms with Gasteiger partial charge in [-0.2, -0.15) is 0 Å². The predicted octanol–water partition coefficient (Wildman–Crippen LogP) is 2.77. The third-order valence-electron chi connectivity index (χ3n) is 3.39. The van der Waals surface area contributed by atoms with Gasteiger partial charge in [0, 0.05) is 4.47 Å². The van der Waals surface area contributed by atoms with Crippen LogP contribution in [0.2, 0.25) is 0 Å². The molecule has 0 amide bonds. The number of halogens is 1. The number of benzene rings is 1. The Hall–Kier alpha value is -1.23. The smallest absolute Gasteiger partial charge is 0.316 e. The Morgan fingerprint density at radius 3 is 2.67 bits per heavy atom. The molecule has 4 nitrogen and oxygen atoms in total. The summed E-state index contributed by atoms with van der Waals surface area (Å²) in [5.41, 5.74) is 0.445. The van der Waals surface area contributed by atoms with Gasteiger partial charge in [-0.25, -0.2) is 0 Å². The molecule has 1 saturated carbocycles. The maximum absolute atomic E-state index is 12.1. The molecular formula is C13H13BrO4. The molecule has 2 aliphatic rings. The number of esters is 1. The van der Waals surface area contributed by atoms with Crippen molar-refractivity contribution in [1.29, 1.82) is 0 Å². The Morgan fingerprint density at radius 1 is 1.39 bits per heavy atom. The monoisotopic (exact) mass is 312 g/mol. The number of carbonyl (C=O) groups is 1. The largest absolute Gasteiger partial charge is 0.465 e. The molecule has 0 bridgehead atoms. The van der Waals surface area contributed by atoms with Crippen LogP contribution < -0.4 is 9.47 Å². The van der Waals surface area contributed by atoms with Crippen LogP contribution in [0.3, 0.4) is 0 Å². The molecular weight excluding hydrogens is 300 g/mol. The van der Waals surface area contributed by atoms with E-state index in [2.05, 4.69) is 15.9 Å². The number of ether oxygens (including phenoxy) is 3. The standard InChI is InChI=1S/C13H13BrO4/c1-2-16-12(15)13(3-4-13)8-5-10-11(6-9(8)14)18-7-17-10/h5-6H,2-4,7H2,1H3. The van der Waals surface area contributed by atoms with Crippen LogP contribution in [0.25, 0.3) is 0 Å². The van der Waals surface area contributed by atoms with Crippen LogP contribution in [0.15, 0.2) is 16.6 Å². The SMILES string of the molecule is CCOC(=O)C1(c2cc3c(cc2Br)OCO3)CC1. The lowest BCUT2D eigenvalue weighted by Gasteiger charge is -2.16. The van der Waals surface area contributed by atoms with Crippen molar-refractivity contribution < 1.29 is 19.0 Å². The summed E-state index contributed by atoms with van der Waals surface area (Å²) in [6.45, 7) is 2.46. The van der Waals surface area contributed by atoms with Gasteiger partial charge in [0.2, 0.25) is 6.79 Å². The van der Waals surface area contributed by atoms with Gasteiger partial charge >= 0.3 is 5.97 Å². The number of hydrogen-bond acceptors (Lipinski definition) is 4. The van der Waals surface area contributed by atoms with E-state index in [1.165, 1.54) is 0 Å². The number of fused-ring (bicyclic) bond motifs is 1. The van der Waals surface area contributed by atoms with Crippen molar-refractivity contribution >= 4 is 21.9 Å². The number of carbonyl (C=O) groups excluding carboxylic acids is 1. The first kappa shape index (κ1) is 11.8. The molecule has 0 unspecified atom stereocenters. The van der Waals surface area contributed by atoms with Gasteiger partial charge in [-0.05, 0) is 37.5 Å². The minimum absolute atomic E-state index is 0.149. The van der Waals surface area contributed by atoms with E-state index in [0.29, 0.717) is 18.1 Å². The Bertz CT molecular complexity index is 508. The van der Waals surface area contributed by atoms with Gasteiger partial charge in [0.15, 0.2) is 11.5 Å². The maximum Gasteiger partial charge on any atom is 0.316 e. The summed E-state index contributed by atoms with van der Waals surface area (Å²) in [5.74, 6) is 1.26. The van der Waals surface area contributed by atoms with Crippen LogP contribution in [0, 0.1) is 0 Å². The van der Waals surface area contributed by atoms with Crippen LogP contribution in [-0.4, -0.2) is 19.4 Å². The van der Waals surface area contributed by atoms with E-state index in [0.717, 1.165) is 22.9 Å². The fourth-order valence-corrected chi connectivity index (χ4v) is 2.96. The zero-order valence-electron chi connectivity index (χ0n) is 9.99. The average molecular weight is 313 g/mol. The van der Waals surface area contributed by atoms with Crippen molar-refractivity contribution in [3.63, 3.8) is 0 Å². The molecule has 1 aromatic rings. The number of hydrogen-bond donors (Lipinski definition) is 0. The average Bonchev–Trinajstić information content (AvgIpc) is 3.03. The Morgan fingerprint density at radius 2 is 2.06 bits per heavy atom. The van der Waals surface area contributed by atoms with Crippen molar-refractivity contribution in [2.24, 2.45) is 0 Å². The van der Waals surface area contributed by atoms with Crippen LogP contribution in [0.1, 0.15) is 25.3 Å². The normalized spacial score (nSPS) is 18.6. The minimum atomic E-state index is -0.490. The van der Waals surface area contributed by atoms with E-state index >= 15 is 0 Å². The van der Waals surface area contributed by atoms with Gasteiger partial charge in [-0.3, -0.25) is 4.79 Å². The summed E-state index contributed by atoms with van der Waals surface area (Å²) in [7, 11) is 0. The second-order valence-electron chi connectivity index (χ2n) is 4.49. The molecule has 0 saturated heterocycles.